The number of fused-ring (bicyclic) bond motifs is 1. The highest BCUT2D eigenvalue weighted by atomic mass is 16.5. The Bertz CT molecular complexity index is 1670. The molecule has 0 aliphatic rings. The van der Waals surface area contributed by atoms with Gasteiger partial charge in [-0.1, -0.05) is 42.5 Å². The summed E-state index contributed by atoms with van der Waals surface area (Å²) in [4.78, 5) is 43.4. The van der Waals surface area contributed by atoms with Gasteiger partial charge >= 0.3 is 11.1 Å². The van der Waals surface area contributed by atoms with Crippen molar-refractivity contribution in [2.75, 3.05) is 7.11 Å². The van der Waals surface area contributed by atoms with E-state index >= 15 is 0 Å². The van der Waals surface area contributed by atoms with Gasteiger partial charge in [0.25, 0.3) is 5.91 Å². The summed E-state index contributed by atoms with van der Waals surface area (Å²) in [6, 6.07) is 26.9. The van der Waals surface area contributed by atoms with Gasteiger partial charge in [0.05, 0.1) is 24.9 Å². The van der Waals surface area contributed by atoms with Crippen molar-refractivity contribution in [3.8, 4) is 11.4 Å². The molecule has 3 aromatic carbocycles. The zero-order valence-corrected chi connectivity index (χ0v) is 20.1. The second-order valence-corrected chi connectivity index (χ2v) is 8.44. The Balaban J connectivity index is 1.43. The van der Waals surface area contributed by atoms with Crippen LogP contribution < -0.4 is 21.2 Å². The fourth-order valence-corrected chi connectivity index (χ4v) is 4.14. The van der Waals surface area contributed by atoms with Gasteiger partial charge in [-0.05, 0) is 59.7 Å². The molecule has 8 heteroatoms. The van der Waals surface area contributed by atoms with Crippen molar-refractivity contribution in [2.45, 2.75) is 13.1 Å². The highest BCUT2D eigenvalue weighted by molar-refractivity contribution is 5.94. The minimum Gasteiger partial charge on any atom is -0.497 e. The Morgan fingerprint density at radius 3 is 2.27 bits per heavy atom. The number of rotatable bonds is 7. The Labute approximate surface area is 212 Å². The summed E-state index contributed by atoms with van der Waals surface area (Å²) in [5.74, 6) is 0.492. The lowest BCUT2D eigenvalue weighted by molar-refractivity contribution is 0.0951. The molecule has 2 aromatic heterocycles. The van der Waals surface area contributed by atoms with Crippen LogP contribution in [0.25, 0.3) is 16.9 Å². The number of pyridine rings is 1. The zero-order chi connectivity index (χ0) is 25.8. The maximum absolute atomic E-state index is 13.2. The maximum atomic E-state index is 13.2. The van der Waals surface area contributed by atoms with E-state index in [0.29, 0.717) is 29.0 Å². The standard InChI is InChI=1S/C29H24N4O4/c1-37-24-15-9-20(10-16-24)18-31-27(34)22-11-13-23(14-12-22)33-26-25(8-5-17-30-26)32(28(35)29(33)36)19-21-6-3-2-4-7-21/h2-17H,18-19H2,1H3,(H,31,34). The highest BCUT2D eigenvalue weighted by Gasteiger charge is 2.16. The topological polar surface area (TPSA) is 95.2 Å². The van der Waals surface area contributed by atoms with Crippen molar-refractivity contribution < 1.29 is 9.53 Å². The van der Waals surface area contributed by atoms with Crippen molar-refractivity contribution >= 4 is 17.1 Å². The molecule has 0 bridgehead atoms. The molecule has 0 saturated carbocycles. The quantitative estimate of drug-likeness (QED) is 0.351. The van der Waals surface area contributed by atoms with E-state index in [1.807, 2.05) is 54.6 Å². The van der Waals surface area contributed by atoms with E-state index < -0.39 is 11.1 Å². The molecule has 5 aromatic rings. The van der Waals surface area contributed by atoms with Crippen LogP contribution in [0.3, 0.4) is 0 Å². The summed E-state index contributed by atoms with van der Waals surface area (Å²) < 4.78 is 7.88. The van der Waals surface area contributed by atoms with Crippen molar-refractivity contribution in [2.24, 2.45) is 0 Å². The summed E-state index contributed by atoms with van der Waals surface area (Å²) >= 11 is 0. The monoisotopic (exact) mass is 492 g/mol. The molecule has 37 heavy (non-hydrogen) atoms. The van der Waals surface area contributed by atoms with Crippen LogP contribution in [0.15, 0.2) is 107 Å². The Morgan fingerprint density at radius 1 is 0.838 bits per heavy atom. The smallest absolute Gasteiger partial charge is 0.322 e. The SMILES string of the molecule is COc1ccc(CNC(=O)c2ccc(-n3c(=O)c(=O)n(Cc4ccccc4)c4cccnc43)cc2)cc1. The third kappa shape index (κ3) is 4.90. The molecule has 0 aliphatic carbocycles. The summed E-state index contributed by atoms with van der Waals surface area (Å²) in [6.07, 6.45) is 1.58. The third-order valence-corrected chi connectivity index (χ3v) is 6.08. The average Bonchev–Trinajstić information content (AvgIpc) is 2.95. The van der Waals surface area contributed by atoms with Crippen LogP contribution in [0.4, 0.5) is 0 Å². The van der Waals surface area contributed by atoms with Gasteiger partial charge < -0.3 is 10.1 Å². The van der Waals surface area contributed by atoms with E-state index in [-0.39, 0.29) is 12.5 Å². The Morgan fingerprint density at radius 2 is 1.57 bits per heavy atom. The highest BCUT2D eigenvalue weighted by Crippen LogP contribution is 2.16. The molecular formula is C29H24N4O4. The number of amides is 1. The molecule has 0 fully saturated rings. The number of benzene rings is 3. The second kappa shape index (κ2) is 10.3. The van der Waals surface area contributed by atoms with E-state index in [4.69, 9.17) is 4.74 Å². The molecule has 8 nitrogen and oxygen atoms in total. The van der Waals surface area contributed by atoms with Crippen LogP contribution in [0.2, 0.25) is 0 Å². The first-order valence-electron chi connectivity index (χ1n) is 11.7. The van der Waals surface area contributed by atoms with Gasteiger partial charge in [-0.25, -0.2) is 4.98 Å². The van der Waals surface area contributed by atoms with Gasteiger partial charge in [-0.3, -0.25) is 23.5 Å². The predicted molar refractivity (Wildman–Crippen MR) is 141 cm³/mol. The number of nitrogens with zero attached hydrogens (tertiary/aromatic N) is 3. The van der Waals surface area contributed by atoms with Gasteiger partial charge in [0.1, 0.15) is 5.75 Å². The van der Waals surface area contributed by atoms with Crippen LogP contribution in [0.5, 0.6) is 5.75 Å². The number of methoxy groups -OCH3 is 1. The lowest BCUT2D eigenvalue weighted by atomic mass is 10.1. The first-order chi connectivity index (χ1) is 18.0. The van der Waals surface area contributed by atoms with Crippen LogP contribution >= 0.6 is 0 Å². The lowest BCUT2D eigenvalue weighted by Gasteiger charge is -2.14. The van der Waals surface area contributed by atoms with Gasteiger partial charge in [-0.15, -0.1) is 0 Å². The van der Waals surface area contributed by atoms with Crippen LogP contribution in [-0.4, -0.2) is 27.1 Å². The van der Waals surface area contributed by atoms with Crippen molar-refractivity contribution in [1.29, 1.82) is 0 Å². The predicted octanol–water partition coefficient (Wildman–Crippen LogP) is 3.53. The van der Waals surface area contributed by atoms with Gasteiger partial charge in [0, 0.05) is 18.3 Å². The Hall–Kier alpha value is -4.98. The normalized spacial score (nSPS) is 10.8. The number of carbonyl (C=O) groups is 1. The maximum Gasteiger partial charge on any atom is 0.322 e. The molecule has 2 heterocycles. The average molecular weight is 493 g/mol. The summed E-state index contributed by atoms with van der Waals surface area (Å²) in [6.45, 7) is 0.615. The van der Waals surface area contributed by atoms with Crippen molar-refractivity contribution in [3.63, 3.8) is 0 Å². The molecule has 0 radical (unpaired) electrons. The van der Waals surface area contributed by atoms with Crippen molar-refractivity contribution in [3.05, 3.63) is 135 Å². The lowest BCUT2D eigenvalue weighted by Crippen LogP contribution is -2.41. The molecule has 0 saturated heterocycles. The largest absolute Gasteiger partial charge is 0.497 e. The van der Waals surface area contributed by atoms with Gasteiger partial charge in [0.15, 0.2) is 5.65 Å². The minimum absolute atomic E-state index is 0.254. The second-order valence-electron chi connectivity index (χ2n) is 8.44. The molecular weight excluding hydrogens is 468 g/mol. The molecule has 5 rings (SSSR count). The number of hydrogen-bond acceptors (Lipinski definition) is 5. The van der Waals surface area contributed by atoms with E-state index in [9.17, 15) is 14.4 Å². The number of nitrogens with one attached hydrogen (secondary N) is 1. The minimum atomic E-state index is -0.709. The number of aromatic nitrogens is 3. The summed E-state index contributed by atoms with van der Waals surface area (Å²) in [5.41, 5.74) is 2.26. The van der Waals surface area contributed by atoms with Crippen molar-refractivity contribution in [1.82, 2.24) is 19.4 Å². The van der Waals surface area contributed by atoms with Crippen LogP contribution in [0.1, 0.15) is 21.5 Å². The summed E-state index contributed by atoms with van der Waals surface area (Å²) in [7, 11) is 1.60. The number of carbonyl (C=O) groups excluding carboxylic acids is 1. The first kappa shape index (κ1) is 23.7. The zero-order valence-electron chi connectivity index (χ0n) is 20.1. The van der Waals surface area contributed by atoms with E-state index in [0.717, 1.165) is 16.9 Å². The molecule has 0 spiro atoms. The molecule has 0 atom stereocenters. The van der Waals surface area contributed by atoms with E-state index in [2.05, 4.69) is 10.3 Å². The first-order valence-corrected chi connectivity index (χ1v) is 11.7. The molecule has 1 N–H and O–H groups in total. The molecule has 0 aliphatic heterocycles. The van der Waals surface area contributed by atoms with E-state index in [1.54, 1.807) is 49.7 Å². The third-order valence-electron chi connectivity index (χ3n) is 6.08. The van der Waals surface area contributed by atoms with Crippen LogP contribution in [-0.2, 0) is 13.1 Å². The summed E-state index contributed by atoms with van der Waals surface area (Å²) in [5, 5.41) is 2.88. The van der Waals surface area contributed by atoms with Gasteiger partial charge in [-0.2, -0.15) is 0 Å². The van der Waals surface area contributed by atoms with E-state index in [1.165, 1.54) is 9.13 Å². The molecule has 1 amide bonds. The van der Waals surface area contributed by atoms with Crippen LogP contribution in [0, 0.1) is 0 Å². The van der Waals surface area contributed by atoms with Gasteiger partial charge in [0.2, 0.25) is 0 Å². The molecule has 0 unspecified atom stereocenters. The number of hydrogen-bond donors (Lipinski definition) is 1. The Kier molecular flexibility index (Phi) is 6.63. The fraction of sp³-hybridized carbons (Fsp3) is 0.103. The molecule has 184 valence electrons. The number of ether oxygens (including phenoxy) is 1. The fourth-order valence-electron chi connectivity index (χ4n) is 4.14.